The molecule has 0 saturated heterocycles. The van der Waals surface area contributed by atoms with Gasteiger partial charge in [0.2, 0.25) is 5.91 Å². The Morgan fingerprint density at radius 2 is 1.92 bits per heavy atom. The van der Waals surface area contributed by atoms with Crippen molar-refractivity contribution < 1.29 is 14.7 Å². The predicted octanol–water partition coefficient (Wildman–Crippen LogP) is -0.567. The van der Waals surface area contributed by atoms with Gasteiger partial charge in [-0.1, -0.05) is 13.8 Å². The first-order valence-electron chi connectivity index (χ1n) is 4.21. The van der Waals surface area contributed by atoms with Crippen LogP contribution >= 0.6 is 0 Å². The number of aliphatic carboxylic acids is 1. The first-order chi connectivity index (χ1) is 6.02. The predicted molar refractivity (Wildman–Crippen MR) is 48.4 cm³/mol. The number of hydrogen-bond acceptors (Lipinski definition) is 3. The van der Waals surface area contributed by atoms with Crippen LogP contribution in [0.4, 0.5) is 0 Å². The molecule has 5 nitrogen and oxygen atoms in total. The molecule has 0 atom stereocenters. The van der Waals surface area contributed by atoms with Gasteiger partial charge in [0.25, 0.3) is 0 Å². The van der Waals surface area contributed by atoms with Crippen molar-refractivity contribution in [2.75, 3.05) is 19.6 Å². The summed E-state index contributed by atoms with van der Waals surface area (Å²) in [5.41, 5.74) is 0. The summed E-state index contributed by atoms with van der Waals surface area (Å²) in [6.07, 6.45) is 0. The number of rotatable bonds is 6. The summed E-state index contributed by atoms with van der Waals surface area (Å²) in [7, 11) is 0. The smallest absolute Gasteiger partial charge is 0.322 e. The lowest BCUT2D eigenvalue weighted by atomic mass is 10.2. The maximum atomic E-state index is 10.9. The molecule has 0 unspecified atom stereocenters. The average Bonchev–Trinajstić information content (AvgIpc) is 2.00. The minimum atomic E-state index is -1.03. The second kappa shape index (κ2) is 6.42. The minimum Gasteiger partial charge on any atom is -0.480 e. The van der Waals surface area contributed by atoms with E-state index in [-0.39, 0.29) is 19.0 Å². The maximum Gasteiger partial charge on any atom is 0.322 e. The van der Waals surface area contributed by atoms with Crippen molar-refractivity contribution in [2.24, 2.45) is 5.92 Å². The van der Waals surface area contributed by atoms with E-state index in [1.807, 2.05) is 13.8 Å². The highest BCUT2D eigenvalue weighted by atomic mass is 16.4. The number of nitrogens with one attached hydrogen (secondary N) is 2. The van der Waals surface area contributed by atoms with Gasteiger partial charge in [-0.15, -0.1) is 0 Å². The van der Waals surface area contributed by atoms with Crippen molar-refractivity contribution in [1.29, 1.82) is 0 Å². The van der Waals surface area contributed by atoms with Gasteiger partial charge in [0, 0.05) is 0 Å². The summed E-state index contributed by atoms with van der Waals surface area (Å²) in [6, 6.07) is 0. The topological polar surface area (TPSA) is 78.4 Å². The van der Waals surface area contributed by atoms with Crippen LogP contribution in [-0.2, 0) is 9.59 Å². The molecule has 0 aromatic heterocycles. The number of carboxylic acids is 1. The van der Waals surface area contributed by atoms with E-state index in [0.717, 1.165) is 6.54 Å². The molecule has 0 aliphatic carbocycles. The van der Waals surface area contributed by atoms with E-state index in [0.29, 0.717) is 5.92 Å². The highest BCUT2D eigenvalue weighted by Gasteiger charge is 2.02. The summed E-state index contributed by atoms with van der Waals surface area (Å²) in [5, 5.41) is 13.4. The monoisotopic (exact) mass is 188 g/mol. The van der Waals surface area contributed by atoms with Crippen LogP contribution in [0.5, 0.6) is 0 Å². The molecule has 0 aromatic carbocycles. The molecule has 5 heteroatoms. The van der Waals surface area contributed by atoms with Gasteiger partial charge in [0.1, 0.15) is 6.54 Å². The zero-order valence-electron chi connectivity index (χ0n) is 7.96. The van der Waals surface area contributed by atoms with Crippen molar-refractivity contribution in [3.63, 3.8) is 0 Å². The Morgan fingerprint density at radius 1 is 1.31 bits per heavy atom. The van der Waals surface area contributed by atoms with Gasteiger partial charge in [0.15, 0.2) is 0 Å². The molecule has 0 fully saturated rings. The van der Waals surface area contributed by atoms with Crippen molar-refractivity contribution in [1.82, 2.24) is 10.6 Å². The van der Waals surface area contributed by atoms with Crippen LogP contribution in [0.15, 0.2) is 0 Å². The molecule has 0 rings (SSSR count). The van der Waals surface area contributed by atoms with Crippen LogP contribution < -0.4 is 10.6 Å². The van der Waals surface area contributed by atoms with E-state index < -0.39 is 5.97 Å². The molecule has 0 aromatic rings. The van der Waals surface area contributed by atoms with Gasteiger partial charge in [-0.2, -0.15) is 0 Å². The summed E-state index contributed by atoms with van der Waals surface area (Å²) >= 11 is 0. The number of amides is 1. The van der Waals surface area contributed by atoms with E-state index in [1.165, 1.54) is 0 Å². The largest absolute Gasteiger partial charge is 0.480 e. The Morgan fingerprint density at radius 3 is 2.38 bits per heavy atom. The van der Waals surface area contributed by atoms with Gasteiger partial charge >= 0.3 is 5.97 Å². The summed E-state index contributed by atoms with van der Waals surface area (Å²) in [4.78, 5) is 20.9. The second-order valence-corrected chi connectivity index (χ2v) is 3.20. The molecular formula is C8H16N2O3. The van der Waals surface area contributed by atoms with Gasteiger partial charge < -0.3 is 15.7 Å². The Bertz CT molecular complexity index is 180. The molecule has 0 heterocycles. The van der Waals surface area contributed by atoms with Crippen molar-refractivity contribution in [3.05, 3.63) is 0 Å². The Kier molecular flexibility index (Phi) is 5.88. The zero-order chi connectivity index (χ0) is 10.3. The molecule has 0 radical (unpaired) electrons. The van der Waals surface area contributed by atoms with Crippen LogP contribution in [0, 0.1) is 5.92 Å². The fraction of sp³-hybridized carbons (Fsp3) is 0.750. The summed E-state index contributed by atoms with van der Waals surface area (Å²) in [5.74, 6) is -0.840. The fourth-order valence-corrected chi connectivity index (χ4v) is 0.711. The molecular weight excluding hydrogens is 172 g/mol. The van der Waals surface area contributed by atoms with Crippen molar-refractivity contribution >= 4 is 11.9 Å². The Labute approximate surface area is 77.5 Å². The fourth-order valence-electron chi connectivity index (χ4n) is 0.711. The number of hydrogen-bond donors (Lipinski definition) is 3. The molecule has 13 heavy (non-hydrogen) atoms. The molecule has 0 spiro atoms. The van der Waals surface area contributed by atoms with E-state index in [2.05, 4.69) is 10.6 Å². The maximum absolute atomic E-state index is 10.9. The van der Waals surface area contributed by atoms with Gasteiger partial charge in [-0.3, -0.25) is 9.59 Å². The lowest BCUT2D eigenvalue weighted by molar-refractivity contribution is -0.137. The third-order valence-electron chi connectivity index (χ3n) is 1.27. The first-order valence-corrected chi connectivity index (χ1v) is 4.21. The van der Waals surface area contributed by atoms with E-state index >= 15 is 0 Å². The molecule has 0 aliphatic heterocycles. The Hall–Kier alpha value is -1.10. The molecule has 1 amide bonds. The molecule has 0 bridgehead atoms. The summed E-state index contributed by atoms with van der Waals surface area (Å²) < 4.78 is 0. The number of carbonyl (C=O) groups is 2. The van der Waals surface area contributed by atoms with Crippen LogP contribution in [-0.4, -0.2) is 36.6 Å². The van der Waals surface area contributed by atoms with Gasteiger partial charge in [-0.05, 0) is 12.5 Å². The SMILES string of the molecule is CC(C)CNCC(=O)NCC(=O)O. The third-order valence-corrected chi connectivity index (χ3v) is 1.27. The highest BCUT2D eigenvalue weighted by Crippen LogP contribution is 1.85. The van der Waals surface area contributed by atoms with Gasteiger partial charge in [-0.25, -0.2) is 0 Å². The van der Waals surface area contributed by atoms with E-state index in [1.54, 1.807) is 0 Å². The standard InChI is InChI=1S/C8H16N2O3/c1-6(2)3-9-4-7(11)10-5-8(12)13/h6,9H,3-5H2,1-2H3,(H,10,11)(H,12,13). The molecule has 0 saturated carbocycles. The summed E-state index contributed by atoms with van der Waals surface area (Å²) in [6.45, 7) is 4.67. The number of carbonyl (C=O) groups excluding carboxylic acids is 1. The normalized spacial score (nSPS) is 10.1. The molecule has 3 N–H and O–H groups in total. The van der Waals surface area contributed by atoms with Crippen molar-refractivity contribution in [3.8, 4) is 0 Å². The van der Waals surface area contributed by atoms with Crippen LogP contribution in [0.3, 0.4) is 0 Å². The lowest BCUT2D eigenvalue weighted by Gasteiger charge is -2.06. The van der Waals surface area contributed by atoms with E-state index in [4.69, 9.17) is 5.11 Å². The molecule has 0 aliphatic rings. The zero-order valence-corrected chi connectivity index (χ0v) is 7.96. The molecule has 76 valence electrons. The first kappa shape index (κ1) is 11.9. The van der Waals surface area contributed by atoms with Crippen molar-refractivity contribution in [2.45, 2.75) is 13.8 Å². The van der Waals surface area contributed by atoms with E-state index in [9.17, 15) is 9.59 Å². The third kappa shape index (κ3) is 8.81. The average molecular weight is 188 g/mol. The minimum absolute atomic E-state index is 0.172. The number of carboxylic acid groups (broad SMARTS) is 1. The van der Waals surface area contributed by atoms with Crippen LogP contribution in [0.1, 0.15) is 13.8 Å². The quantitative estimate of drug-likeness (QED) is 0.521. The van der Waals surface area contributed by atoms with Crippen LogP contribution in [0.2, 0.25) is 0 Å². The second-order valence-electron chi connectivity index (χ2n) is 3.20. The Balaban J connectivity index is 3.36. The van der Waals surface area contributed by atoms with Gasteiger partial charge in [0.05, 0.1) is 6.54 Å². The lowest BCUT2D eigenvalue weighted by Crippen LogP contribution is -2.37. The highest BCUT2D eigenvalue weighted by molar-refractivity contribution is 5.82. The van der Waals surface area contributed by atoms with Crippen LogP contribution in [0.25, 0.3) is 0 Å².